The van der Waals surface area contributed by atoms with Crippen molar-refractivity contribution in [2.75, 3.05) is 0 Å². The molecule has 7 aromatic carbocycles. The topological polar surface area (TPSA) is 17.8 Å². The van der Waals surface area contributed by atoms with Gasteiger partial charge in [0.25, 0.3) is 0 Å². The van der Waals surface area contributed by atoms with Crippen molar-refractivity contribution in [3.05, 3.63) is 157 Å². The van der Waals surface area contributed by atoms with Gasteiger partial charge in [0.2, 0.25) is 0 Å². The fourth-order valence-electron chi connectivity index (χ4n) is 5.74. The van der Waals surface area contributed by atoms with Gasteiger partial charge < -0.3 is 0 Å². The third-order valence-corrected chi connectivity index (χ3v) is 7.57. The van der Waals surface area contributed by atoms with Crippen LogP contribution in [0.4, 0.5) is 0 Å². The van der Waals surface area contributed by atoms with Gasteiger partial charge >= 0.3 is 0 Å². The summed E-state index contributed by atoms with van der Waals surface area (Å²) >= 11 is 0. The Morgan fingerprint density at radius 2 is 1.05 bits per heavy atom. The smallest absolute Gasteiger partial charge is 0.111 e. The number of para-hydroxylation sites is 2. The minimum Gasteiger partial charge on any atom is -0.295 e. The molecule has 0 radical (unpaired) electrons. The molecule has 198 valence electrons. The monoisotopic (exact) mass is 547 g/mol. The molecule has 1 aromatic heterocycles. The molecule has 0 saturated carbocycles. The Morgan fingerprint density at radius 3 is 1.62 bits per heavy atom. The molecular weight excluding hydrogens is 508 g/mol. The molecule has 8 aromatic rings. The van der Waals surface area contributed by atoms with Crippen molar-refractivity contribution < 1.29 is 15.1 Å². The van der Waals surface area contributed by atoms with E-state index in [0.717, 1.165) is 22.3 Å². The van der Waals surface area contributed by atoms with E-state index in [2.05, 4.69) is 4.98 Å². The lowest BCUT2D eigenvalue weighted by molar-refractivity contribution is 1.02. The van der Waals surface area contributed by atoms with Gasteiger partial charge in [-0.25, -0.2) is 4.98 Å². The fourth-order valence-corrected chi connectivity index (χ4v) is 5.74. The highest BCUT2D eigenvalue weighted by Crippen LogP contribution is 2.44. The molecule has 2 nitrogen and oxygen atoms in total. The van der Waals surface area contributed by atoms with E-state index in [1.165, 1.54) is 4.57 Å². The minimum atomic E-state index is -2.83. The van der Waals surface area contributed by atoms with Crippen molar-refractivity contribution in [3.63, 3.8) is 0 Å². The summed E-state index contributed by atoms with van der Waals surface area (Å²) in [6, 6.07) is 27.2. The van der Waals surface area contributed by atoms with Gasteiger partial charge in [-0.3, -0.25) is 4.57 Å². The average molecular weight is 548 g/mol. The van der Waals surface area contributed by atoms with Crippen LogP contribution in [0.1, 0.15) is 20.9 Å². The molecule has 2 heteroatoms. The van der Waals surface area contributed by atoms with Crippen molar-refractivity contribution in [2.45, 2.75) is 6.85 Å². The predicted molar refractivity (Wildman–Crippen MR) is 177 cm³/mol. The second-order valence-electron chi connectivity index (χ2n) is 10.0. The van der Waals surface area contributed by atoms with Gasteiger partial charge in [0.05, 0.1) is 27.7 Å². The third-order valence-electron chi connectivity index (χ3n) is 7.57. The maximum Gasteiger partial charge on any atom is 0.111 e. The fraction of sp³-hybridized carbons (Fsp3) is 0.0250. The number of aryl methyl sites for hydroxylation is 1. The maximum atomic E-state index is 9.39. The molecule has 8 rings (SSSR count). The molecule has 0 N–H and O–H groups in total. The summed E-state index contributed by atoms with van der Waals surface area (Å²) in [5.41, 5.74) is 4.28. The van der Waals surface area contributed by atoms with E-state index in [1.807, 2.05) is 78.9 Å². The van der Waals surface area contributed by atoms with Gasteiger partial charge in [0.1, 0.15) is 5.82 Å². The number of fused-ring (bicyclic) bond motifs is 3. The Morgan fingerprint density at radius 1 is 0.548 bits per heavy atom. The number of hydrogen-bond donors (Lipinski definition) is 0. The molecule has 0 aliphatic carbocycles. The molecule has 0 aliphatic heterocycles. The maximum absolute atomic E-state index is 9.39. The normalized spacial score (nSPS) is 15.5. The van der Waals surface area contributed by atoms with Crippen LogP contribution in [-0.2, 0) is 0 Å². The van der Waals surface area contributed by atoms with Gasteiger partial charge in [-0.2, -0.15) is 0 Å². The second-order valence-corrected chi connectivity index (χ2v) is 10.0. The van der Waals surface area contributed by atoms with Gasteiger partial charge in [-0.05, 0) is 81.3 Å². The summed E-state index contributed by atoms with van der Waals surface area (Å²) in [5.74, 6) is -0.425. The predicted octanol–water partition coefficient (Wildman–Crippen LogP) is 10.6. The average Bonchev–Trinajstić information content (AvgIpc) is 3.57. The first kappa shape index (κ1) is 15.5. The number of aromatic nitrogens is 2. The summed E-state index contributed by atoms with van der Waals surface area (Å²) in [4.78, 5) is 4.45. The van der Waals surface area contributed by atoms with Gasteiger partial charge in [-0.15, -0.1) is 0 Å². The lowest BCUT2D eigenvalue weighted by Gasteiger charge is -2.20. The minimum absolute atomic E-state index is 0.0259. The summed E-state index contributed by atoms with van der Waals surface area (Å²) in [5, 5.41) is -0.267. The zero-order chi connectivity index (χ0) is 37.5. The molecule has 1 heterocycles. The SMILES string of the molecule is [2H]c1c([2H])c([2H])c2c(-n3c(C([2H])([2H])[2H])nc4ccccc43)c3c([2H])c([2H])c([2H])c([2H])c3c(-c3cc(-c4ccccc4)cc(-c4ccccc4)c3)c2c1[2H]. The van der Waals surface area contributed by atoms with E-state index in [0.29, 0.717) is 5.56 Å². The van der Waals surface area contributed by atoms with E-state index >= 15 is 0 Å². The Labute approximate surface area is 260 Å². The Hall–Kier alpha value is -5.47. The van der Waals surface area contributed by atoms with Crippen molar-refractivity contribution in [1.82, 2.24) is 9.55 Å². The van der Waals surface area contributed by atoms with Crippen molar-refractivity contribution in [3.8, 4) is 39.1 Å². The Kier molecular flexibility index (Phi) is 3.64. The van der Waals surface area contributed by atoms with Crippen LogP contribution in [0.15, 0.2) is 151 Å². The van der Waals surface area contributed by atoms with Crippen LogP contribution in [0.2, 0.25) is 0 Å². The number of nitrogens with zero attached hydrogens (tertiary/aromatic N) is 2. The molecule has 0 fully saturated rings. The van der Waals surface area contributed by atoms with Crippen LogP contribution in [0.3, 0.4) is 0 Å². The first-order valence-electron chi connectivity index (χ1n) is 19.0. The van der Waals surface area contributed by atoms with Crippen LogP contribution in [0.25, 0.3) is 71.6 Å². The highest BCUT2D eigenvalue weighted by Gasteiger charge is 2.20. The molecular formula is C40H28N2. The van der Waals surface area contributed by atoms with Crippen molar-refractivity contribution in [1.29, 1.82) is 0 Å². The number of rotatable bonds is 4. The zero-order valence-corrected chi connectivity index (χ0v) is 22.2. The molecule has 42 heavy (non-hydrogen) atoms. The van der Waals surface area contributed by atoms with Crippen LogP contribution in [0, 0.1) is 6.85 Å². The standard InChI is InChI=1S/C40H28N2/c1-27-41-37-22-12-13-23-38(37)42(27)40-35-20-10-8-18-33(35)39(34-19-9-11-21-36(34)40)32-25-30(28-14-4-2-5-15-28)24-31(26-32)29-16-6-3-7-17-29/h2-26H,1H3/i1D3,8D,9D,10D,11D,18D,19D,20D,21D. The second kappa shape index (κ2) is 9.87. The molecule has 0 spiro atoms. The van der Waals surface area contributed by atoms with Gasteiger partial charge in [-0.1, -0.05) is 121 Å². The highest BCUT2D eigenvalue weighted by atomic mass is 15.1. The van der Waals surface area contributed by atoms with E-state index in [9.17, 15) is 5.48 Å². The van der Waals surface area contributed by atoms with Gasteiger partial charge in [0.15, 0.2) is 0 Å². The number of imidazole rings is 1. The quantitative estimate of drug-likeness (QED) is 0.200. The van der Waals surface area contributed by atoms with Crippen LogP contribution < -0.4 is 0 Å². The third kappa shape index (κ3) is 3.92. The Balaban J connectivity index is 1.69. The lowest BCUT2D eigenvalue weighted by atomic mass is 9.87. The van der Waals surface area contributed by atoms with Crippen molar-refractivity contribution in [2.24, 2.45) is 0 Å². The summed E-state index contributed by atoms with van der Waals surface area (Å²) in [6.45, 7) is -2.83. The molecule has 0 bridgehead atoms. The first-order valence-corrected chi connectivity index (χ1v) is 13.5. The molecule has 0 saturated heterocycles. The van der Waals surface area contributed by atoms with E-state index in [4.69, 9.17) is 9.60 Å². The van der Waals surface area contributed by atoms with Crippen molar-refractivity contribution >= 4 is 32.6 Å². The molecule has 0 unspecified atom stereocenters. The summed E-state index contributed by atoms with van der Waals surface area (Å²) < 4.78 is 99.5. The van der Waals surface area contributed by atoms with Crippen LogP contribution in [0.5, 0.6) is 0 Å². The highest BCUT2D eigenvalue weighted by molar-refractivity contribution is 6.19. The molecule has 0 atom stereocenters. The Bertz CT molecular complexity index is 2650. The lowest BCUT2D eigenvalue weighted by Crippen LogP contribution is -2.01. The van der Waals surface area contributed by atoms with Gasteiger partial charge in [0, 0.05) is 14.9 Å². The summed E-state index contributed by atoms with van der Waals surface area (Å²) in [6.07, 6.45) is 0. The largest absolute Gasteiger partial charge is 0.295 e. The molecule has 0 aliphatic rings. The van der Waals surface area contributed by atoms with E-state index in [-0.39, 0.29) is 43.8 Å². The number of hydrogen-bond acceptors (Lipinski definition) is 1. The van der Waals surface area contributed by atoms with Crippen LogP contribution >= 0.6 is 0 Å². The summed E-state index contributed by atoms with van der Waals surface area (Å²) in [7, 11) is 0. The number of benzene rings is 7. The van der Waals surface area contributed by atoms with E-state index in [1.54, 1.807) is 24.3 Å². The van der Waals surface area contributed by atoms with Crippen LogP contribution in [-0.4, -0.2) is 9.55 Å². The van der Waals surface area contributed by atoms with E-state index < -0.39 is 61.0 Å². The first-order chi connectivity index (χ1) is 25.3. The molecule has 0 amide bonds. The zero-order valence-electron chi connectivity index (χ0n) is 33.2.